The van der Waals surface area contributed by atoms with Gasteiger partial charge >= 0.3 is 6.18 Å². The van der Waals surface area contributed by atoms with Gasteiger partial charge in [0.25, 0.3) is 0 Å². The molecule has 1 atom stereocenters. The van der Waals surface area contributed by atoms with Crippen molar-refractivity contribution in [2.75, 3.05) is 20.2 Å². The lowest BCUT2D eigenvalue weighted by molar-refractivity contribution is -0.137. The zero-order valence-electron chi connectivity index (χ0n) is 15.8. The summed E-state index contributed by atoms with van der Waals surface area (Å²) in [6.07, 6.45) is -5.16. The van der Waals surface area contributed by atoms with Gasteiger partial charge in [-0.2, -0.15) is 13.2 Å². The van der Waals surface area contributed by atoms with Gasteiger partial charge in [0.05, 0.1) is 25.3 Å². The summed E-state index contributed by atoms with van der Waals surface area (Å²) in [5.74, 6) is 1.10. The van der Waals surface area contributed by atoms with Crippen molar-refractivity contribution in [3.05, 3.63) is 65.2 Å². The van der Waals surface area contributed by atoms with Crippen LogP contribution in [0.5, 0.6) is 5.75 Å². The van der Waals surface area contributed by atoms with E-state index in [0.717, 1.165) is 12.1 Å². The molecule has 1 unspecified atom stereocenters. The number of rotatable bonds is 7. The summed E-state index contributed by atoms with van der Waals surface area (Å²) in [4.78, 5) is 4.30. The molecule has 0 aliphatic rings. The summed E-state index contributed by atoms with van der Waals surface area (Å²) in [5.41, 5.74) is 0.456. The van der Waals surface area contributed by atoms with E-state index in [1.807, 2.05) is 6.92 Å². The number of halogens is 3. The zero-order chi connectivity index (χ0) is 20.6. The van der Waals surface area contributed by atoms with Gasteiger partial charge in [0, 0.05) is 13.1 Å². The van der Waals surface area contributed by atoms with Crippen molar-refractivity contribution in [2.45, 2.75) is 25.7 Å². The van der Waals surface area contributed by atoms with E-state index in [-0.39, 0.29) is 13.1 Å². The van der Waals surface area contributed by atoms with E-state index in [0.29, 0.717) is 29.4 Å². The fourth-order valence-corrected chi connectivity index (χ4v) is 2.50. The Morgan fingerprint density at radius 3 is 2.46 bits per heavy atom. The van der Waals surface area contributed by atoms with Gasteiger partial charge in [-0.05, 0) is 42.3 Å². The lowest BCUT2D eigenvalue weighted by Gasteiger charge is -2.16. The van der Waals surface area contributed by atoms with Gasteiger partial charge in [0.2, 0.25) is 0 Å². The van der Waals surface area contributed by atoms with E-state index < -0.39 is 17.8 Å². The summed E-state index contributed by atoms with van der Waals surface area (Å²) in [6, 6.07) is 12.1. The highest BCUT2D eigenvalue weighted by Crippen LogP contribution is 2.29. The van der Waals surface area contributed by atoms with Gasteiger partial charge in [0.15, 0.2) is 5.96 Å². The number of alkyl halides is 3. The van der Waals surface area contributed by atoms with E-state index in [4.69, 9.17) is 4.74 Å². The van der Waals surface area contributed by atoms with Crippen LogP contribution in [0.25, 0.3) is 0 Å². The number of hydrogen-bond donors (Lipinski definition) is 3. The van der Waals surface area contributed by atoms with Gasteiger partial charge < -0.3 is 20.5 Å². The second-order valence-corrected chi connectivity index (χ2v) is 6.06. The summed E-state index contributed by atoms with van der Waals surface area (Å²) < 4.78 is 43.5. The molecule has 0 aliphatic heterocycles. The maximum Gasteiger partial charge on any atom is 0.416 e. The molecule has 8 heteroatoms. The molecule has 5 nitrogen and oxygen atoms in total. The predicted molar refractivity (Wildman–Crippen MR) is 102 cm³/mol. The number of aliphatic hydroxyl groups excluding tert-OH is 1. The first-order chi connectivity index (χ1) is 13.3. The van der Waals surface area contributed by atoms with Crippen LogP contribution in [0.15, 0.2) is 53.5 Å². The number of nitrogens with one attached hydrogen (secondary N) is 2. The van der Waals surface area contributed by atoms with Crippen LogP contribution in [0.3, 0.4) is 0 Å². The molecule has 3 N–H and O–H groups in total. The van der Waals surface area contributed by atoms with Crippen LogP contribution >= 0.6 is 0 Å². The highest BCUT2D eigenvalue weighted by Gasteiger charge is 2.30. The van der Waals surface area contributed by atoms with Crippen LogP contribution in [0, 0.1) is 0 Å². The van der Waals surface area contributed by atoms with E-state index >= 15 is 0 Å². The first kappa shape index (κ1) is 21.6. The van der Waals surface area contributed by atoms with Crippen LogP contribution < -0.4 is 15.4 Å². The third-order valence-electron chi connectivity index (χ3n) is 3.98. The maximum atomic E-state index is 12.8. The normalized spacial score (nSPS) is 13.1. The van der Waals surface area contributed by atoms with Crippen molar-refractivity contribution in [2.24, 2.45) is 4.99 Å². The Morgan fingerprint density at radius 1 is 1.14 bits per heavy atom. The Bertz CT molecular complexity index is 777. The number of methoxy groups -OCH3 is 1. The van der Waals surface area contributed by atoms with Gasteiger partial charge in [-0.1, -0.05) is 24.3 Å². The Labute approximate surface area is 162 Å². The van der Waals surface area contributed by atoms with Gasteiger partial charge in [-0.3, -0.25) is 0 Å². The molecule has 0 aromatic heterocycles. The number of aliphatic hydroxyl groups is 1. The number of hydrogen-bond acceptors (Lipinski definition) is 3. The average Bonchev–Trinajstić information content (AvgIpc) is 2.69. The van der Waals surface area contributed by atoms with Crippen molar-refractivity contribution in [1.82, 2.24) is 10.6 Å². The quantitative estimate of drug-likeness (QED) is 0.496. The van der Waals surface area contributed by atoms with Crippen LogP contribution in [-0.4, -0.2) is 31.3 Å². The van der Waals surface area contributed by atoms with Crippen molar-refractivity contribution in [3.63, 3.8) is 0 Å². The van der Waals surface area contributed by atoms with Crippen LogP contribution in [-0.2, 0) is 12.7 Å². The first-order valence-electron chi connectivity index (χ1n) is 8.83. The molecule has 28 heavy (non-hydrogen) atoms. The molecule has 0 spiro atoms. The van der Waals surface area contributed by atoms with Crippen molar-refractivity contribution in [1.29, 1.82) is 0 Å². The first-order valence-corrected chi connectivity index (χ1v) is 8.83. The average molecular weight is 395 g/mol. The highest BCUT2D eigenvalue weighted by atomic mass is 19.4. The Kier molecular flexibility index (Phi) is 7.69. The number of benzene rings is 2. The fraction of sp³-hybridized carbons (Fsp3) is 0.350. The number of ether oxygens (including phenoxy) is 1. The third-order valence-corrected chi connectivity index (χ3v) is 3.98. The molecular weight excluding hydrogens is 371 g/mol. The van der Waals surface area contributed by atoms with Crippen LogP contribution in [0.4, 0.5) is 13.2 Å². The van der Waals surface area contributed by atoms with Crippen LogP contribution in [0.2, 0.25) is 0 Å². The second kappa shape index (κ2) is 9.98. The minimum Gasteiger partial charge on any atom is -0.497 e. The van der Waals surface area contributed by atoms with E-state index in [1.54, 1.807) is 37.4 Å². The van der Waals surface area contributed by atoms with E-state index in [9.17, 15) is 18.3 Å². The number of aliphatic imine (C=N–C) groups is 1. The SMILES string of the molecule is CCNC(=NCc1cccc(C(F)(F)F)c1)NCC(O)c1ccc(OC)cc1. The molecule has 2 aromatic carbocycles. The molecule has 0 aliphatic carbocycles. The molecule has 152 valence electrons. The molecule has 0 heterocycles. The third kappa shape index (κ3) is 6.45. The van der Waals surface area contributed by atoms with Crippen LogP contribution in [0.1, 0.15) is 29.7 Å². The summed E-state index contributed by atoms with van der Waals surface area (Å²) in [7, 11) is 1.57. The second-order valence-electron chi connectivity index (χ2n) is 6.06. The number of nitrogens with zero attached hydrogens (tertiary/aromatic N) is 1. The predicted octanol–water partition coefficient (Wildman–Crippen LogP) is 3.50. The standard InChI is InChI=1S/C20H24F3N3O2/c1-3-24-19(25-12-14-5-4-6-16(11-14)20(21,22)23)26-13-18(27)15-7-9-17(28-2)10-8-15/h4-11,18,27H,3,12-13H2,1-2H3,(H2,24,25,26). The summed E-state index contributed by atoms with van der Waals surface area (Å²) in [6.45, 7) is 2.73. The zero-order valence-corrected chi connectivity index (χ0v) is 15.8. The maximum absolute atomic E-state index is 12.8. The van der Waals surface area contributed by atoms with Crippen molar-refractivity contribution >= 4 is 5.96 Å². The lowest BCUT2D eigenvalue weighted by Crippen LogP contribution is -2.39. The fourth-order valence-electron chi connectivity index (χ4n) is 2.50. The molecule has 0 saturated heterocycles. The highest BCUT2D eigenvalue weighted by molar-refractivity contribution is 5.79. The lowest BCUT2D eigenvalue weighted by atomic mass is 10.1. The molecule has 0 saturated carbocycles. The molecule has 0 radical (unpaired) electrons. The number of guanidine groups is 1. The topological polar surface area (TPSA) is 65.9 Å². The molecule has 0 fully saturated rings. The van der Waals surface area contributed by atoms with Gasteiger partial charge in [-0.25, -0.2) is 4.99 Å². The van der Waals surface area contributed by atoms with E-state index in [2.05, 4.69) is 15.6 Å². The minimum absolute atomic E-state index is 0.0812. The summed E-state index contributed by atoms with van der Waals surface area (Å²) in [5, 5.41) is 16.3. The minimum atomic E-state index is -4.38. The Morgan fingerprint density at radius 2 is 1.86 bits per heavy atom. The molecule has 0 amide bonds. The largest absolute Gasteiger partial charge is 0.497 e. The monoisotopic (exact) mass is 395 g/mol. The van der Waals surface area contributed by atoms with Gasteiger partial charge in [0.1, 0.15) is 5.75 Å². The van der Waals surface area contributed by atoms with Crippen molar-refractivity contribution in [3.8, 4) is 5.75 Å². The summed E-state index contributed by atoms with van der Waals surface area (Å²) >= 11 is 0. The Balaban J connectivity index is 2.00. The Hall–Kier alpha value is -2.74. The smallest absolute Gasteiger partial charge is 0.416 e. The van der Waals surface area contributed by atoms with E-state index in [1.165, 1.54) is 6.07 Å². The molecule has 0 bridgehead atoms. The molecule has 2 aromatic rings. The molecular formula is C20H24F3N3O2. The van der Waals surface area contributed by atoms with Gasteiger partial charge in [-0.15, -0.1) is 0 Å². The van der Waals surface area contributed by atoms with Crippen molar-refractivity contribution < 1.29 is 23.0 Å². The molecule has 2 rings (SSSR count).